The fraction of sp³-hybridized carbons (Fsp3) is 1.00. The third-order valence-corrected chi connectivity index (χ3v) is 5.83. The molecule has 0 aromatic rings. The fourth-order valence-electron chi connectivity index (χ4n) is 1.22. The number of phosphoric acid groups is 1. The molecule has 0 N–H and O–H groups in total. The van der Waals surface area contributed by atoms with Gasteiger partial charge in [-0.05, 0) is 19.3 Å². The number of hydrogen-bond acceptors (Lipinski definition) is 4. The van der Waals surface area contributed by atoms with Crippen LogP contribution in [0.4, 0.5) is 0 Å². The van der Waals surface area contributed by atoms with Crippen molar-refractivity contribution in [3.8, 4) is 0 Å². The first-order valence-electron chi connectivity index (χ1n) is 6.71. The van der Waals surface area contributed by atoms with Crippen molar-refractivity contribution in [2.75, 3.05) is 19.8 Å². The summed E-state index contributed by atoms with van der Waals surface area (Å²) in [5, 5.41) is 0. The van der Waals surface area contributed by atoms with Crippen LogP contribution >= 0.6 is 102 Å². The highest BCUT2D eigenvalue weighted by Crippen LogP contribution is 2.50. The van der Waals surface area contributed by atoms with E-state index in [9.17, 15) is 4.57 Å². The number of hydrogen-bond donors (Lipinski definition) is 0. The molecule has 0 saturated carbocycles. The van der Waals surface area contributed by atoms with E-state index >= 15 is 0 Å². The van der Waals surface area contributed by atoms with Gasteiger partial charge in [-0.1, -0.05) is 47.8 Å². The summed E-state index contributed by atoms with van der Waals surface area (Å²) in [7, 11) is -3.68. The van der Waals surface area contributed by atoms with Gasteiger partial charge >= 0.3 is 7.82 Å². The summed E-state index contributed by atoms with van der Waals surface area (Å²) in [5.41, 5.74) is 0. The van der Waals surface area contributed by atoms with Crippen molar-refractivity contribution in [1.29, 1.82) is 0 Å². The smallest absolute Gasteiger partial charge is 0.287 e. The second-order valence-electron chi connectivity index (χ2n) is 4.38. The summed E-state index contributed by atoms with van der Waals surface area (Å²) in [6.45, 7) is 0.359. The van der Waals surface area contributed by atoms with Crippen LogP contribution in [0.25, 0.3) is 0 Å². The van der Waals surface area contributed by atoms with Crippen molar-refractivity contribution in [1.82, 2.24) is 0 Å². The van der Waals surface area contributed by atoms with Crippen molar-refractivity contribution in [3.05, 3.63) is 0 Å². The summed E-state index contributed by atoms with van der Waals surface area (Å²) in [6.07, 6.45) is 2.95. The molecule has 0 aliphatic heterocycles. The Morgan fingerprint density at radius 2 is 1.26 bits per heavy atom. The molecule has 0 saturated heterocycles. The van der Waals surface area contributed by atoms with E-state index in [1.807, 2.05) is 0 Å². The zero-order chi connectivity index (χ0) is 17.9. The highest BCUT2D eigenvalue weighted by Gasteiger charge is 2.27. The van der Waals surface area contributed by atoms with E-state index in [-0.39, 0.29) is 22.0 Å². The molecule has 0 bridgehead atoms. The summed E-state index contributed by atoms with van der Waals surface area (Å²) < 4.78 is 27.9. The number of alkyl halides is 7. The first-order valence-corrected chi connectivity index (χ1v) is 12.3. The average Bonchev–Trinajstić information content (AvgIpc) is 2.36. The highest BCUT2D eigenvalue weighted by molar-refractivity contribution is 9.39. The molecule has 0 heterocycles. The maximum atomic E-state index is 12.5. The van der Waals surface area contributed by atoms with E-state index in [1.54, 1.807) is 0 Å². The lowest BCUT2D eigenvalue weighted by atomic mass is 10.3. The Bertz CT molecular complexity index is 341. The lowest BCUT2D eigenvalue weighted by Crippen LogP contribution is -2.07. The molecule has 0 aromatic carbocycles. The summed E-state index contributed by atoms with van der Waals surface area (Å²) in [5.74, 6) is 0. The molecule has 4 nitrogen and oxygen atoms in total. The van der Waals surface area contributed by atoms with Crippen molar-refractivity contribution >= 4 is 102 Å². The Kier molecular flexibility index (Phi) is 15.4. The second kappa shape index (κ2) is 13.8. The first kappa shape index (κ1) is 25.7. The Hall–Kier alpha value is 2.71. The molecule has 0 rings (SSSR count). The van der Waals surface area contributed by atoms with Crippen molar-refractivity contribution in [2.45, 2.75) is 43.9 Å². The van der Waals surface area contributed by atoms with Crippen LogP contribution in [0.5, 0.6) is 0 Å². The quantitative estimate of drug-likeness (QED) is 0.120. The number of halogens is 7. The van der Waals surface area contributed by atoms with Gasteiger partial charge in [-0.15, -0.1) is 46.4 Å². The Morgan fingerprint density at radius 1 is 0.826 bits per heavy atom. The number of phosphoric ester groups is 1. The van der Waals surface area contributed by atoms with Crippen LogP contribution in [0.2, 0.25) is 0 Å². The van der Waals surface area contributed by atoms with E-state index < -0.39 is 17.5 Å². The molecule has 0 atom stereocenters. The second-order valence-corrected chi connectivity index (χ2v) is 15.9. The van der Waals surface area contributed by atoms with Gasteiger partial charge in [0.1, 0.15) is 11.8 Å². The molecule has 0 aromatic heterocycles. The zero-order valence-corrected chi connectivity index (χ0v) is 20.7. The van der Waals surface area contributed by atoms with Crippen molar-refractivity contribution in [3.63, 3.8) is 0 Å². The molecule has 0 unspecified atom stereocenters. The molecule has 0 aliphatic rings. The molecule has 23 heavy (non-hydrogen) atoms. The molecule has 12 heteroatoms. The topological polar surface area (TPSA) is 44.8 Å². The van der Waals surface area contributed by atoms with Gasteiger partial charge in [0.2, 0.25) is 0 Å². The molecular weight excluding hydrogens is 609 g/mol. The minimum atomic E-state index is -3.68. The number of unbranched alkanes of at least 4 members (excludes halogenated alkanes) is 1. The normalized spacial score (nSPS) is 13.3. The predicted molar refractivity (Wildman–Crippen MR) is 109 cm³/mol. The van der Waals surface area contributed by atoms with Crippen LogP contribution in [-0.2, 0) is 18.1 Å². The minimum Gasteiger partial charge on any atom is -0.287 e. The van der Waals surface area contributed by atoms with Gasteiger partial charge in [0, 0.05) is 12.8 Å². The third kappa shape index (κ3) is 17.9. The maximum absolute atomic E-state index is 12.5. The molecular formula is C11H18Br3Cl4O4P. The van der Waals surface area contributed by atoms with Gasteiger partial charge < -0.3 is 0 Å². The maximum Gasteiger partial charge on any atom is 0.474 e. The van der Waals surface area contributed by atoms with Crippen molar-refractivity contribution < 1.29 is 18.1 Å². The standard InChI is InChI=1S/C11H18Br3Cl4O4P/c12-11(13,14)5-1-2-6-20-23(19,21-7-3-9(15)16)22-8-4-10(17)18/h9-10H,1-8H2. The van der Waals surface area contributed by atoms with Crippen LogP contribution in [0.1, 0.15) is 32.1 Å². The predicted octanol–water partition coefficient (Wildman–Crippen LogP) is 7.54. The van der Waals surface area contributed by atoms with Gasteiger partial charge in [-0.3, -0.25) is 13.6 Å². The third-order valence-electron chi connectivity index (χ3n) is 2.27. The van der Waals surface area contributed by atoms with Gasteiger partial charge in [-0.25, -0.2) is 4.57 Å². The van der Waals surface area contributed by atoms with Gasteiger partial charge in [0.25, 0.3) is 0 Å². The highest BCUT2D eigenvalue weighted by atomic mass is 80.0. The summed E-state index contributed by atoms with van der Waals surface area (Å²) in [4.78, 5) is -1.22. The van der Waals surface area contributed by atoms with Gasteiger partial charge in [-0.2, -0.15) is 0 Å². The summed E-state index contributed by atoms with van der Waals surface area (Å²) >= 11 is 32.6. The van der Waals surface area contributed by atoms with Crippen LogP contribution in [0, 0.1) is 0 Å². The largest absolute Gasteiger partial charge is 0.474 e. The van der Waals surface area contributed by atoms with Crippen LogP contribution < -0.4 is 0 Å². The lowest BCUT2D eigenvalue weighted by molar-refractivity contribution is 0.111. The monoisotopic (exact) mass is 622 g/mol. The van der Waals surface area contributed by atoms with Gasteiger partial charge in [0.15, 0.2) is 0 Å². The van der Waals surface area contributed by atoms with Crippen LogP contribution in [-0.4, -0.2) is 31.6 Å². The van der Waals surface area contributed by atoms with E-state index in [1.165, 1.54) is 0 Å². The van der Waals surface area contributed by atoms with Gasteiger partial charge in [0.05, 0.1) is 19.8 Å². The van der Waals surface area contributed by atoms with Crippen molar-refractivity contribution in [2.24, 2.45) is 0 Å². The first-order chi connectivity index (χ1) is 10.5. The Morgan fingerprint density at radius 3 is 1.65 bits per heavy atom. The fourth-order valence-corrected chi connectivity index (χ4v) is 3.65. The van der Waals surface area contributed by atoms with E-state index in [0.717, 1.165) is 12.8 Å². The van der Waals surface area contributed by atoms with E-state index in [4.69, 9.17) is 60.0 Å². The molecule has 0 aliphatic carbocycles. The molecule has 0 amide bonds. The van der Waals surface area contributed by atoms with E-state index in [0.29, 0.717) is 19.3 Å². The average molecular weight is 627 g/mol. The zero-order valence-electron chi connectivity index (χ0n) is 12.0. The minimum absolute atomic E-state index is 0.0629. The SMILES string of the molecule is O=P(OCCCCC(Br)(Br)Br)(OCCC(Cl)Cl)OCCC(Cl)Cl. The molecule has 0 fully saturated rings. The molecule has 0 spiro atoms. The summed E-state index contributed by atoms with van der Waals surface area (Å²) in [6, 6.07) is 0. The van der Waals surface area contributed by atoms with E-state index in [2.05, 4.69) is 47.8 Å². The van der Waals surface area contributed by atoms with Crippen LogP contribution in [0.15, 0.2) is 0 Å². The van der Waals surface area contributed by atoms with Crippen LogP contribution in [0.3, 0.4) is 0 Å². The Balaban J connectivity index is 4.21. The Labute approximate surface area is 182 Å². The molecule has 0 radical (unpaired) electrons. The molecule has 140 valence electrons. The lowest BCUT2D eigenvalue weighted by Gasteiger charge is -2.19. The number of rotatable bonds is 13.